The minimum Gasteiger partial charge on any atom is -0.356 e. The van der Waals surface area contributed by atoms with Gasteiger partial charge in [-0.1, -0.05) is 18.2 Å². The Morgan fingerprint density at radius 3 is 2.60 bits per heavy atom. The van der Waals surface area contributed by atoms with Crippen LogP contribution in [0.5, 0.6) is 0 Å². The number of imidazole rings is 1. The Morgan fingerprint density at radius 2 is 1.96 bits per heavy atom. The van der Waals surface area contributed by atoms with Crippen molar-refractivity contribution in [3.05, 3.63) is 53.9 Å². The molecule has 1 atom stereocenters. The van der Waals surface area contributed by atoms with Crippen LogP contribution in [0.3, 0.4) is 0 Å². The first-order valence-corrected chi connectivity index (χ1v) is 7.99. The Bertz CT molecular complexity index is 731. The molecular weight excluding hydrogens is 325 g/mol. The average Bonchev–Trinajstić information content (AvgIpc) is 2.98. The molecule has 3 amide bonds. The quantitative estimate of drug-likeness (QED) is 0.663. The number of urea groups is 1. The van der Waals surface area contributed by atoms with Crippen LogP contribution in [-0.2, 0) is 11.8 Å². The first-order valence-electron chi connectivity index (χ1n) is 7.99. The molecule has 0 aliphatic carbocycles. The minimum absolute atomic E-state index is 0.112. The maximum Gasteiger partial charge on any atom is 0.315 e. The summed E-state index contributed by atoms with van der Waals surface area (Å²) in [4.78, 5) is 27.2. The molecule has 0 saturated carbocycles. The smallest absolute Gasteiger partial charge is 0.315 e. The lowest BCUT2D eigenvalue weighted by Gasteiger charge is -2.20. The van der Waals surface area contributed by atoms with Gasteiger partial charge in [0.25, 0.3) is 0 Å². The molecule has 0 fully saturated rings. The summed E-state index contributed by atoms with van der Waals surface area (Å²) in [6.45, 7) is 2.30. The number of benzene rings is 1. The van der Waals surface area contributed by atoms with E-state index in [0.29, 0.717) is 30.9 Å². The molecule has 0 saturated heterocycles. The highest BCUT2D eigenvalue weighted by Gasteiger charge is 2.23. The fourth-order valence-corrected chi connectivity index (χ4v) is 2.38. The number of nitrogens with one attached hydrogen (secondary N) is 3. The van der Waals surface area contributed by atoms with Crippen molar-refractivity contribution in [1.29, 1.82) is 0 Å². The molecule has 1 aromatic heterocycles. The van der Waals surface area contributed by atoms with E-state index in [0.717, 1.165) is 0 Å². The summed E-state index contributed by atoms with van der Waals surface area (Å²) >= 11 is 0. The molecule has 7 nitrogen and oxygen atoms in total. The fraction of sp³-hybridized carbons (Fsp3) is 0.353. The van der Waals surface area contributed by atoms with Gasteiger partial charge in [-0.15, -0.1) is 0 Å². The highest BCUT2D eigenvalue weighted by atomic mass is 19.1. The Morgan fingerprint density at radius 1 is 1.24 bits per heavy atom. The molecule has 0 bridgehead atoms. The molecule has 0 unspecified atom stereocenters. The van der Waals surface area contributed by atoms with E-state index in [1.807, 2.05) is 0 Å². The van der Waals surface area contributed by atoms with Crippen LogP contribution in [0.15, 0.2) is 36.7 Å². The van der Waals surface area contributed by atoms with Crippen LogP contribution in [0.25, 0.3) is 0 Å². The van der Waals surface area contributed by atoms with E-state index in [-0.39, 0.29) is 5.91 Å². The van der Waals surface area contributed by atoms with Gasteiger partial charge < -0.3 is 20.5 Å². The Hall–Kier alpha value is -2.90. The number of aromatic nitrogens is 2. The molecule has 0 aliphatic rings. The van der Waals surface area contributed by atoms with Gasteiger partial charge in [0.1, 0.15) is 17.7 Å². The fourth-order valence-electron chi connectivity index (χ4n) is 2.38. The van der Waals surface area contributed by atoms with Gasteiger partial charge in [-0.05, 0) is 12.5 Å². The molecule has 1 heterocycles. The topological polar surface area (TPSA) is 88.1 Å². The van der Waals surface area contributed by atoms with E-state index in [1.165, 1.54) is 13.0 Å². The van der Waals surface area contributed by atoms with E-state index in [9.17, 15) is 14.0 Å². The summed E-state index contributed by atoms with van der Waals surface area (Å²) in [5.41, 5.74) is 0.338. The number of carbonyl (C=O) groups excluding carboxylic acids is 2. The number of rotatable bonds is 7. The molecule has 2 rings (SSSR count). The molecule has 8 heteroatoms. The van der Waals surface area contributed by atoms with E-state index in [1.54, 1.807) is 42.2 Å². The van der Waals surface area contributed by atoms with Gasteiger partial charge in [0.05, 0.1) is 0 Å². The lowest BCUT2D eigenvalue weighted by atomic mass is 10.1. The number of carbonyl (C=O) groups is 2. The zero-order chi connectivity index (χ0) is 18.2. The number of halogens is 1. The van der Waals surface area contributed by atoms with Crippen molar-refractivity contribution in [2.24, 2.45) is 7.05 Å². The second-order valence-electron chi connectivity index (χ2n) is 5.59. The third-order valence-electron chi connectivity index (χ3n) is 3.62. The van der Waals surface area contributed by atoms with Crippen LogP contribution < -0.4 is 16.0 Å². The molecule has 2 aromatic rings. The number of nitrogens with zero attached hydrogens (tertiary/aromatic N) is 2. The summed E-state index contributed by atoms with van der Waals surface area (Å²) < 4.78 is 15.9. The minimum atomic E-state index is -0.712. The van der Waals surface area contributed by atoms with E-state index in [4.69, 9.17) is 0 Å². The SMILES string of the molecule is CC(=O)NCCCNC(=O)N[C@@H](c1ccccc1F)c1nccn1C. The van der Waals surface area contributed by atoms with Crippen molar-refractivity contribution >= 4 is 11.9 Å². The van der Waals surface area contributed by atoms with Crippen LogP contribution in [0.1, 0.15) is 30.8 Å². The first kappa shape index (κ1) is 18.4. The second kappa shape index (κ2) is 8.81. The van der Waals surface area contributed by atoms with Crippen molar-refractivity contribution in [1.82, 2.24) is 25.5 Å². The highest BCUT2D eigenvalue weighted by molar-refractivity contribution is 5.75. The highest BCUT2D eigenvalue weighted by Crippen LogP contribution is 2.22. The standard InChI is InChI=1S/C17H22FN5O2/c1-12(24)19-8-5-9-21-17(25)22-15(16-20-10-11-23(16)2)13-6-3-4-7-14(13)18/h3-4,6-7,10-11,15H,5,8-9H2,1-2H3,(H,19,24)(H2,21,22,25)/t15-/m0/s1. The average molecular weight is 347 g/mol. The van der Waals surface area contributed by atoms with E-state index < -0.39 is 17.9 Å². The van der Waals surface area contributed by atoms with Crippen molar-refractivity contribution in [2.45, 2.75) is 19.4 Å². The largest absolute Gasteiger partial charge is 0.356 e. The number of aryl methyl sites for hydroxylation is 1. The van der Waals surface area contributed by atoms with E-state index in [2.05, 4.69) is 20.9 Å². The molecule has 134 valence electrons. The third kappa shape index (κ3) is 5.30. The zero-order valence-corrected chi connectivity index (χ0v) is 14.3. The van der Waals surface area contributed by atoms with Crippen molar-refractivity contribution in [2.75, 3.05) is 13.1 Å². The summed E-state index contributed by atoms with van der Waals surface area (Å²) in [6, 6.07) is 5.12. The summed E-state index contributed by atoms with van der Waals surface area (Å²) in [5.74, 6) is -0.00111. The normalized spacial score (nSPS) is 11.6. The monoisotopic (exact) mass is 347 g/mol. The molecule has 0 radical (unpaired) electrons. The maximum absolute atomic E-state index is 14.2. The summed E-state index contributed by atoms with van der Waals surface area (Å²) in [5, 5.41) is 8.10. The number of hydrogen-bond donors (Lipinski definition) is 3. The van der Waals surface area contributed by atoms with Gasteiger partial charge in [0, 0.05) is 45.0 Å². The second-order valence-corrected chi connectivity index (χ2v) is 5.59. The lowest BCUT2D eigenvalue weighted by Crippen LogP contribution is -2.40. The van der Waals surface area contributed by atoms with Crippen LogP contribution in [0.2, 0.25) is 0 Å². The van der Waals surface area contributed by atoms with Crippen LogP contribution in [0.4, 0.5) is 9.18 Å². The van der Waals surface area contributed by atoms with Gasteiger partial charge in [0.2, 0.25) is 5.91 Å². The molecule has 1 aromatic carbocycles. The third-order valence-corrected chi connectivity index (χ3v) is 3.62. The van der Waals surface area contributed by atoms with Crippen LogP contribution >= 0.6 is 0 Å². The molecular formula is C17H22FN5O2. The summed E-state index contributed by atoms with van der Waals surface area (Å²) in [7, 11) is 1.78. The van der Waals surface area contributed by atoms with Crippen LogP contribution in [0, 0.1) is 5.82 Å². The molecule has 25 heavy (non-hydrogen) atoms. The van der Waals surface area contributed by atoms with Gasteiger partial charge in [-0.25, -0.2) is 14.2 Å². The van der Waals surface area contributed by atoms with Crippen molar-refractivity contribution < 1.29 is 14.0 Å². The van der Waals surface area contributed by atoms with Gasteiger partial charge in [-0.3, -0.25) is 4.79 Å². The van der Waals surface area contributed by atoms with Gasteiger partial charge in [-0.2, -0.15) is 0 Å². The van der Waals surface area contributed by atoms with Crippen molar-refractivity contribution in [3.63, 3.8) is 0 Å². The molecule has 0 spiro atoms. The number of hydrogen-bond acceptors (Lipinski definition) is 3. The lowest BCUT2D eigenvalue weighted by molar-refractivity contribution is -0.118. The predicted octanol–water partition coefficient (Wildman–Crippen LogP) is 1.47. The Balaban J connectivity index is 2.02. The summed E-state index contributed by atoms with van der Waals surface area (Å²) in [6.07, 6.45) is 3.92. The zero-order valence-electron chi connectivity index (χ0n) is 14.3. The van der Waals surface area contributed by atoms with Gasteiger partial charge >= 0.3 is 6.03 Å². The predicted molar refractivity (Wildman–Crippen MR) is 91.3 cm³/mol. The van der Waals surface area contributed by atoms with Crippen LogP contribution in [-0.4, -0.2) is 34.6 Å². The van der Waals surface area contributed by atoms with Gasteiger partial charge in [0.15, 0.2) is 0 Å². The molecule has 3 N–H and O–H groups in total. The van der Waals surface area contributed by atoms with Crippen molar-refractivity contribution in [3.8, 4) is 0 Å². The van der Waals surface area contributed by atoms with E-state index >= 15 is 0 Å². The molecule has 0 aliphatic heterocycles. The first-order chi connectivity index (χ1) is 12.0. The Kier molecular flexibility index (Phi) is 6.50. The number of amides is 3. The maximum atomic E-state index is 14.2. The Labute approximate surface area is 145 Å².